The lowest BCUT2D eigenvalue weighted by Gasteiger charge is -2.09. The number of hydrogen-bond acceptors (Lipinski definition) is 3. The summed E-state index contributed by atoms with van der Waals surface area (Å²) in [5.74, 6) is 0.0547. The zero-order chi connectivity index (χ0) is 12.3. The summed E-state index contributed by atoms with van der Waals surface area (Å²) in [4.78, 5) is 11.7. The minimum absolute atomic E-state index is 0.261. The van der Waals surface area contributed by atoms with Gasteiger partial charge in [0.15, 0.2) is 0 Å². The van der Waals surface area contributed by atoms with Crippen LogP contribution >= 0.6 is 0 Å². The van der Waals surface area contributed by atoms with Crippen LogP contribution in [0.1, 0.15) is 31.2 Å². The Balaban J connectivity index is 2.09. The largest absolute Gasteiger partial charge is 0.463 e. The second kappa shape index (κ2) is 5.04. The number of rotatable bonds is 3. The van der Waals surface area contributed by atoms with Gasteiger partial charge in [0.1, 0.15) is 0 Å². The van der Waals surface area contributed by atoms with Crippen LogP contribution in [0.5, 0.6) is 0 Å². The van der Waals surface area contributed by atoms with Crippen LogP contribution in [0.3, 0.4) is 0 Å². The lowest BCUT2D eigenvalue weighted by atomic mass is 9.96. The van der Waals surface area contributed by atoms with E-state index in [-0.39, 0.29) is 5.97 Å². The molecular weight excluding hydrogens is 214 g/mol. The Morgan fingerprint density at radius 3 is 2.71 bits per heavy atom. The molecule has 1 aromatic carbocycles. The summed E-state index contributed by atoms with van der Waals surface area (Å²) < 4.78 is 5.00. The second-order valence-corrected chi connectivity index (χ2v) is 4.24. The molecule has 1 aromatic rings. The Bertz CT molecular complexity index is 437. The van der Waals surface area contributed by atoms with Crippen molar-refractivity contribution in [1.82, 2.24) is 0 Å². The molecule has 0 bridgehead atoms. The van der Waals surface area contributed by atoms with E-state index >= 15 is 0 Å². The number of allylic oxidation sites excluding steroid dienone is 1. The molecule has 17 heavy (non-hydrogen) atoms. The Labute approximate surface area is 101 Å². The topological polar surface area (TPSA) is 52.3 Å². The summed E-state index contributed by atoms with van der Waals surface area (Å²) >= 11 is 0. The van der Waals surface area contributed by atoms with E-state index in [1.807, 2.05) is 18.2 Å². The summed E-state index contributed by atoms with van der Waals surface area (Å²) in [5, 5.41) is 0. The van der Waals surface area contributed by atoms with E-state index in [1.165, 1.54) is 5.56 Å². The van der Waals surface area contributed by atoms with Gasteiger partial charge < -0.3 is 10.5 Å². The van der Waals surface area contributed by atoms with Crippen LogP contribution in [0.25, 0.3) is 0 Å². The monoisotopic (exact) mass is 231 g/mol. The predicted octanol–water partition coefficient (Wildman–Crippen LogP) is 2.34. The van der Waals surface area contributed by atoms with Gasteiger partial charge in [0.2, 0.25) is 0 Å². The molecule has 1 atom stereocenters. The Hall–Kier alpha value is -1.77. The molecule has 0 spiro atoms. The van der Waals surface area contributed by atoms with Gasteiger partial charge in [-0.2, -0.15) is 0 Å². The van der Waals surface area contributed by atoms with Gasteiger partial charge in [-0.15, -0.1) is 0 Å². The molecule has 2 rings (SSSR count). The fourth-order valence-electron chi connectivity index (χ4n) is 2.23. The Morgan fingerprint density at radius 2 is 2.06 bits per heavy atom. The number of carbonyl (C=O) groups is 1. The first-order valence-electron chi connectivity index (χ1n) is 5.92. The van der Waals surface area contributed by atoms with Crippen LogP contribution in [-0.4, -0.2) is 12.6 Å². The zero-order valence-corrected chi connectivity index (χ0v) is 9.98. The summed E-state index contributed by atoms with van der Waals surface area (Å²) in [6.07, 6.45) is 1.44. The van der Waals surface area contributed by atoms with Gasteiger partial charge in [0, 0.05) is 5.70 Å². The zero-order valence-electron chi connectivity index (χ0n) is 9.98. The number of ether oxygens (including phenoxy) is 1. The van der Waals surface area contributed by atoms with Crippen molar-refractivity contribution >= 4 is 5.97 Å². The third-order valence-corrected chi connectivity index (χ3v) is 3.10. The highest BCUT2D eigenvalue weighted by Gasteiger charge is 2.28. The average molecular weight is 231 g/mol. The molecular formula is C14H17NO2. The molecule has 0 unspecified atom stereocenters. The van der Waals surface area contributed by atoms with Crippen molar-refractivity contribution in [2.24, 2.45) is 5.73 Å². The fourth-order valence-corrected chi connectivity index (χ4v) is 2.23. The molecule has 0 saturated heterocycles. The molecule has 0 saturated carbocycles. The van der Waals surface area contributed by atoms with Gasteiger partial charge in [-0.05, 0) is 31.2 Å². The summed E-state index contributed by atoms with van der Waals surface area (Å²) in [6, 6.07) is 10.2. The third kappa shape index (κ3) is 2.49. The van der Waals surface area contributed by atoms with E-state index in [0.717, 1.165) is 6.42 Å². The molecule has 3 nitrogen and oxygen atoms in total. The van der Waals surface area contributed by atoms with Gasteiger partial charge >= 0.3 is 5.97 Å². The van der Waals surface area contributed by atoms with Gasteiger partial charge in [0.25, 0.3) is 0 Å². The second-order valence-electron chi connectivity index (χ2n) is 4.24. The van der Waals surface area contributed by atoms with Crippen LogP contribution in [-0.2, 0) is 9.53 Å². The van der Waals surface area contributed by atoms with E-state index in [4.69, 9.17) is 10.5 Å². The molecule has 0 aliphatic heterocycles. The molecule has 0 fully saturated rings. The first kappa shape index (κ1) is 11.7. The maximum atomic E-state index is 11.7. The van der Waals surface area contributed by atoms with E-state index in [0.29, 0.717) is 30.2 Å². The molecule has 0 radical (unpaired) electrons. The van der Waals surface area contributed by atoms with Crippen molar-refractivity contribution in [3.05, 3.63) is 47.2 Å². The molecule has 0 aromatic heterocycles. The maximum Gasteiger partial charge on any atom is 0.335 e. The van der Waals surface area contributed by atoms with Crippen molar-refractivity contribution < 1.29 is 9.53 Å². The first-order valence-corrected chi connectivity index (χ1v) is 5.92. The third-order valence-electron chi connectivity index (χ3n) is 3.10. The first-order chi connectivity index (χ1) is 8.22. The smallest absolute Gasteiger partial charge is 0.335 e. The number of nitrogens with two attached hydrogens (primary N) is 1. The van der Waals surface area contributed by atoms with E-state index < -0.39 is 0 Å². The highest BCUT2D eigenvalue weighted by atomic mass is 16.5. The minimum atomic E-state index is -0.261. The molecule has 0 amide bonds. The van der Waals surface area contributed by atoms with Gasteiger partial charge in [0.05, 0.1) is 12.2 Å². The number of benzene rings is 1. The Morgan fingerprint density at radius 1 is 1.35 bits per heavy atom. The van der Waals surface area contributed by atoms with Crippen molar-refractivity contribution in [2.75, 3.05) is 6.61 Å². The number of carbonyl (C=O) groups excluding carboxylic acids is 1. The van der Waals surface area contributed by atoms with Gasteiger partial charge in [-0.3, -0.25) is 0 Å². The quantitative estimate of drug-likeness (QED) is 0.812. The number of esters is 1. The lowest BCUT2D eigenvalue weighted by molar-refractivity contribution is -0.138. The van der Waals surface area contributed by atoms with E-state index in [1.54, 1.807) is 6.92 Å². The highest BCUT2D eigenvalue weighted by molar-refractivity contribution is 5.90. The lowest BCUT2D eigenvalue weighted by Crippen LogP contribution is -2.10. The van der Waals surface area contributed by atoms with Crippen LogP contribution in [0.2, 0.25) is 0 Å². The molecule has 0 heterocycles. The summed E-state index contributed by atoms with van der Waals surface area (Å²) in [7, 11) is 0. The van der Waals surface area contributed by atoms with Crippen molar-refractivity contribution in [1.29, 1.82) is 0 Å². The molecule has 2 N–H and O–H groups in total. The summed E-state index contributed by atoms with van der Waals surface area (Å²) in [6.45, 7) is 2.20. The van der Waals surface area contributed by atoms with Gasteiger partial charge in [-0.1, -0.05) is 30.3 Å². The number of hydrogen-bond donors (Lipinski definition) is 1. The van der Waals surface area contributed by atoms with Crippen LogP contribution in [0.4, 0.5) is 0 Å². The summed E-state index contributed by atoms with van der Waals surface area (Å²) in [5.41, 5.74) is 8.48. The molecule has 90 valence electrons. The predicted molar refractivity (Wildman–Crippen MR) is 66.3 cm³/mol. The van der Waals surface area contributed by atoms with E-state index in [9.17, 15) is 4.79 Å². The normalized spacial score (nSPS) is 19.5. The molecule has 3 heteroatoms. The SMILES string of the molecule is CCOC(=O)C1=C(N)C[C@@H](c2ccccc2)C1. The highest BCUT2D eigenvalue weighted by Crippen LogP contribution is 2.36. The van der Waals surface area contributed by atoms with Crippen molar-refractivity contribution in [3.8, 4) is 0 Å². The van der Waals surface area contributed by atoms with Crippen molar-refractivity contribution in [2.45, 2.75) is 25.7 Å². The van der Waals surface area contributed by atoms with E-state index in [2.05, 4.69) is 12.1 Å². The van der Waals surface area contributed by atoms with Crippen LogP contribution in [0.15, 0.2) is 41.6 Å². The average Bonchev–Trinajstić information content (AvgIpc) is 2.73. The van der Waals surface area contributed by atoms with Gasteiger partial charge in [-0.25, -0.2) is 4.79 Å². The van der Waals surface area contributed by atoms with Crippen LogP contribution in [0, 0.1) is 0 Å². The molecule has 1 aliphatic carbocycles. The standard InChI is InChI=1S/C14H17NO2/c1-2-17-14(16)12-8-11(9-13(12)15)10-6-4-3-5-7-10/h3-7,11H,2,8-9,15H2,1H3/t11-/m0/s1. The molecule has 1 aliphatic rings. The Kier molecular flexibility index (Phi) is 3.47. The maximum absolute atomic E-state index is 11.7. The van der Waals surface area contributed by atoms with Crippen LogP contribution < -0.4 is 5.73 Å². The fraction of sp³-hybridized carbons (Fsp3) is 0.357. The minimum Gasteiger partial charge on any atom is -0.463 e. The van der Waals surface area contributed by atoms with Crippen molar-refractivity contribution in [3.63, 3.8) is 0 Å².